The Morgan fingerprint density at radius 1 is 1.06 bits per heavy atom. The van der Waals surface area contributed by atoms with E-state index in [0.717, 1.165) is 20.9 Å². The molecule has 5 heteroatoms. The SMILES string of the molecule is O=S1(=O)CCCN1c1ccc2cc(Br)ccc2c1. The van der Waals surface area contributed by atoms with Crippen LogP contribution < -0.4 is 4.31 Å². The van der Waals surface area contributed by atoms with Crippen LogP contribution in [0.3, 0.4) is 0 Å². The molecule has 0 saturated carbocycles. The Morgan fingerprint density at radius 2 is 1.78 bits per heavy atom. The highest BCUT2D eigenvalue weighted by Gasteiger charge is 2.28. The largest absolute Gasteiger partial charge is 0.270 e. The summed E-state index contributed by atoms with van der Waals surface area (Å²) >= 11 is 3.43. The second kappa shape index (κ2) is 4.24. The Hall–Kier alpha value is -1.07. The highest BCUT2D eigenvalue weighted by molar-refractivity contribution is 9.10. The standard InChI is InChI=1S/C13H12BrNO2S/c14-12-4-2-11-9-13(5-3-10(11)8-12)15-6-1-7-18(15,16)17/h2-5,8-9H,1,6-7H2. The Balaban J connectivity index is 2.11. The van der Waals surface area contributed by atoms with E-state index < -0.39 is 10.0 Å². The van der Waals surface area contributed by atoms with Crippen LogP contribution in [-0.4, -0.2) is 20.7 Å². The first kappa shape index (κ1) is 12.0. The molecule has 0 unspecified atom stereocenters. The third-order valence-corrected chi connectivity index (χ3v) is 5.54. The molecule has 2 aromatic carbocycles. The van der Waals surface area contributed by atoms with Crippen molar-refractivity contribution in [1.82, 2.24) is 0 Å². The third-order valence-electron chi connectivity index (χ3n) is 3.17. The van der Waals surface area contributed by atoms with Crippen molar-refractivity contribution in [3.05, 3.63) is 40.9 Å². The summed E-state index contributed by atoms with van der Waals surface area (Å²) in [5.74, 6) is 0.255. The second-order valence-electron chi connectivity index (χ2n) is 4.42. The van der Waals surface area contributed by atoms with Gasteiger partial charge >= 0.3 is 0 Å². The molecule has 0 aromatic heterocycles. The average molecular weight is 326 g/mol. The Morgan fingerprint density at radius 3 is 2.50 bits per heavy atom. The number of nitrogens with zero attached hydrogens (tertiary/aromatic N) is 1. The third kappa shape index (κ3) is 2.01. The minimum atomic E-state index is -3.09. The van der Waals surface area contributed by atoms with Crippen molar-refractivity contribution >= 4 is 42.4 Å². The summed E-state index contributed by atoms with van der Waals surface area (Å²) < 4.78 is 26.3. The first-order valence-corrected chi connectivity index (χ1v) is 8.16. The van der Waals surface area contributed by atoms with Crippen molar-refractivity contribution in [2.75, 3.05) is 16.6 Å². The van der Waals surface area contributed by atoms with Crippen molar-refractivity contribution in [2.24, 2.45) is 0 Å². The predicted molar refractivity (Wildman–Crippen MR) is 77.4 cm³/mol. The van der Waals surface area contributed by atoms with E-state index in [9.17, 15) is 8.42 Å². The van der Waals surface area contributed by atoms with Crippen LogP contribution in [0.25, 0.3) is 10.8 Å². The number of hydrogen-bond donors (Lipinski definition) is 0. The maximum Gasteiger partial charge on any atom is 0.235 e. The van der Waals surface area contributed by atoms with Crippen molar-refractivity contribution in [2.45, 2.75) is 6.42 Å². The minimum absolute atomic E-state index is 0.255. The maximum absolute atomic E-state index is 11.9. The van der Waals surface area contributed by atoms with Crippen LogP contribution in [0.5, 0.6) is 0 Å². The number of anilines is 1. The van der Waals surface area contributed by atoms with Crippen molar-refractivity contribution in [3.63, 3.8) is 0 Å². The lowest BCUT2D eigenvalue weighted by Crippen LogP contribution is -2.24. The summed E-state index contributed by atoms with van der Waals surface area (Å²) in [5, 5.41) is 2.16. The number of rotatable bonds is 1. The van der Waals surface area contributed by atoms with Gasteiger partial charge in [0.2, 0.25) is 10.0 Å². The van der Waals surface area contributed by atoms with Crippen LogP contribution >= 0.6 is 15.9 Å². The summed E-state index contributed by atoms with van der Waals surface area (Å²) in [6.45, 7) is 0.588. The van der Waals surface area contributed by atoms with E-state index in [-0.39, 0.29) is 5.75 Å². The zero-order valence-corrected chi connectivity index (χ0v) is 12.0. The fraction of sp³-hybridized carbons (Fsp3) is 0.231. The van der Waals surface area contributed by atoms with Gasteiger partial charge in [-0.25, -0.2) is 8.42 Å². The van der Waals surface area contributed by atoms with Crippen LogP contribution in [0.1, 0.15) is 6.42 Å². The molecule has 94 valence electrons. The number of sulfonamides is 1. The van der Waals surface area contributed by atoms with Crippen LogP contribution in [0, 0.1) is 0 Å². The van der Waals surface area contributed by atoms with E-state index in [1.807, 2.05) is 36.4 Å². The van der Waals surface area contributed by atoms with Crippen LogP contribution in [-0.2, 0) is 10.0 Å². The van der Waals surface area contributed by atoms with Gasteiger partial charge in [-0.3, -0.25) is 4.31 Å². The Labute approximate surface area is 115 Å². The van der Waals surface area contributed by atoms with E-state index in [1.165, 1.54) is 4.31 Å². The number of hydrogen-bond acceptors (Lipinski definition) is 2. The molecule has 18 heavy (non-hydrogen) atoms. The molecule has 3 nitrogen and oxygen atoms in total. The fourth-order valence-electron chi connectivity index (χ4n) is 2.29. The molecule has 0 radical (unpaired) electrons. The van der Waals surface area contributed by atoms with Gasteiger partial charge < -0.3 is 0 Å². The molecular formula is C13H12BrNO2S. The van der Waals surface area contributed by atoms with Crippen molar-refractivity contribution < 1.29 is 8.42 Å². The summed E-state index contributed by atoms with van der Waals surface area (Å²) in [6, 6.07) is 11.7. The van der Waals surface area contributed by atoms with Crippen LogP contribution in [0.15, 0.2) is 40.9 Å². The molecule has 1 aliphatic rings. The van der Waals surface area contributed by atoms with Gasteiger partial charge in [0, 0.05) is 11.0 Å². The average Bonchev–Trinajstić information content (AvgIpc) is 2.68. The molecule has 3 rings (SSSR count). The van der Waals surface area contributed by atoms with Crippen LogP contribution in [0.4, 0.5) is 5.69 Å². The number of fused-ring (bicyclic) bond motifs is 1. The van der Waals surface area contributed by atoms with Gasteiger partial charge in [0.05, 0.1) is 11.4 Å². The molecule has 0 atom stereocenters. The van der Waals surface area contributed by atoms with E-state index in [1.54, 1.807) is 0 Å². The molecule has 0 aliphatic carbocycles. The lowest BCUT2D eigenvalue weighted by molar-refractivity contribution is 0.599. The number of benzene rings is 2. The lowest BCUT2D eigenvalue weighted by atomic mass is 10.1. The monoisotopic (exact) mass is 325 g/mol. The molecule has 1 heterocycles. The molecule has 2 aromatic rings. The van der Waals surface area contributed by atoms with Gasteiger partial charge in [-0.15, -0.1) is 0 Å². The molecule has 0 amide bonds. The molecular weight excluding hydrogens is 314 g/mol. The van der Waals surface area contributed by atoms with Gasteiger partial charge in [-0.1, -0.05) is 28.1 Å². The smallest absolute Gasteiger partial charge is 0.235 e. The number of halogens is 1. The fourth-order valence-corrected chi connectivity index (χ4v) is 4.22. The molecule has 1 fully saturated rings. The summed E-state index contributed by atoms with van der Waals surface area (Å²) in [5.41, 5.74) is 0.766. The first-order chi connectivity index (χ1) is 8.56. The molecule has 0 N–H and O–H groups in total. The highest BCUT2D eigenvalue weighted by Crippen LogP contribution is 2.28. The maximum atomic E-state index is 11.9. The normalized spacial score (nSPS) is 18.4. The lowest BCUT2D eigenvalue weighted by Gasteiger charge is -2.17. The predicted octanol–water partition coefficient (Wildman–Crippen LogP) is 3.14. The quantitative estimate of drug-likeness (QED) is 0.807. The van der Waals surface area contributed by atoms with Gasteiger partial charge in [0.25, 0.3) is 0 Å². The van der Waals surface area contributed by atoms with E-state index in [2.05, 4.69) is 15.9 Å². The first-order valence-electron chi connectivity index (χ1n) is 5.76. The topological polar surface area (TPSA) is 37.4 Å². The summed E-state index contributed by atoms with van der Waals surface area (Å²) in [7, 11) is -3.09. The van der Waals surface area contributed by atoms with E-state index in [4.69, 9.17) is 0 Å². The molecule has 1 saturated heterocycles. The van der Waals surface area contributed by atoms with Crippen LogP contribution in [0.2, 0.25) is 0 Å². The highest BCUT2D eigenvalue weighted by atomic mass is 79.9. The van der Waals surface area contributed by atoms with Gasteiger partial charge in [0.1, 0.15) is 0 Å². The van der Waals surface area contributed by atoms with E-state index in [0.29, 0.717) is 13.0 Å². The van der Waals surface area contributed by atoms with Crippen molar-refractivity contribution in [1.29, 1.82) is 0 Å². The zero-order valence-electron chi connectivity index (χ0n) is 9.64. The van der Waals surface area contributed by atoms with Gasteiger partial charge in [-0.2, -0.15) is 0 Å². The summed E-state index contributed by atoms with van der Waals surface area (Å²) in [6.07, 6.45) is 0.709. The zero-order chi connectivity index (χ0) is 12.8. The molecule has 0 bridgehead atoms. The van der Waals surface area contributed by atoms with E-state index >= 15 is 0 Å². The minimum Gasteiger partial charge on any atom is -0.270 e. The van der Waals surface area contributed by atoms with Gasteiger partial charge in [0.15, 0.2) is 0 Å². The van der Waals surface area contributed by atoms with Crippen molar-refractivity contribution in [3.8, 4) is 0 Å². The van der Waals surface area contributed by atoms with Gasteiger partial charge in [-0.05, 0) is 41.5 Å². The Bertz CT molecular complexity index is 712. The molecule has 1 aliphatic heterocycles. The Kier molecular flexibility index (Phi) is 2.83. The summed E-state index contributed by atoms with van der Waals surface area (Å²) in [4.78, 5) is 0. The molecule has 0 spiro atoms. The second-order valence-corrected chi connectivity index (χ2v) is 7.35.